The number of aromatic nitrogens is 2. The fraction of sp³-hybridized carbons (Fsp3) is 0.333. The van der Waals surface area contributed by atoms with Crippen molar-refractivity contribution in [2.45, 2.75) is 51.7 Å². The number of nitro benzene ring substituents is 1. The van der Waals surface area contributed by atoms with Crippen LogP contribution in [0.4, 0.5) is 10.1 Å². The third kappa shape index (κ3) is 7.42. The van der Waals surface area contributed by atoms with Gasteiger partial charge in [-0.1, -0.05) is 23.4 Å². The molecule has 0 bridgehead atoms. The Kier molecular flexibility index (Phi) is 8.60. The smallest absolute Gasteiger partial charge is 0.308 e. The zero-order valence-electron chi connectivity index (χ0n) is 19.3. The van der Waals surface area contributed by atoms with Gasteiger partial charge < -0.3 is 14.6 Å². The first kappa shape index (κ1) is 25.5. The number of halogens is 1. The van der Waals surface area contributed by atoms with Crippen LogP contribution in [0.1, 0.15) is 50.6 Å². The summed E-state index contributed by atoms with van der Waals surface area (Å²) in [5, 5.41) is 18.0. The zero-order valence-corrected chi connectivity index (χ0v) is 19.3. The Bertz CT molecular complexity index is 1180. The Morgan fingerprint density at radius 2 is 1.89 bits per heavy atom. The molecule has 3 aromatic rings. The molecule has 1 amide bonds. The molecule has 11 heteroatoms. The van der Waals surface area contributed by atoms with Gasteiger partial charge in [0, 0.05) is 24.5 Å². The molecule has 0 aliphatic rings. The maximum absolute atomic E-state index is 13.1. The van der Waals surface area contributed by atoms with E-state index in [1.165, 1.54) is 42.5 Å². The van der Waals surface area contributed by atoms with Gasteiger partial charge in [0.2, 0.25) is 17.6 Å². The van der Waals surface area contributed by atoms with Crippen molar-refractivity contribution in [1.29, 1.82) is 0 Å². The van der Waals surface area contributed by atoms with Crippen LogP contribution in [0.2, 0.25) is 0 Å². The Balaban J connectivity index is 1.62. The molecule has 0 fully saturated rings. The molecule has 1 heterocycles. The Labute approximate surface area is 200 Å². The van der Waals surface area contributed by atoms with Crippen molar-refractivity contribution in [2.75, 3.05) is 0 Å². The average molecular weight is 484 g/mol. The number of hydrogen-bond donors (Lipinski definition) is 1. The molecule has 0 saturated heterocycles. The minimum atomic E-state index is -0.927. The second-order valence-corrected chi connectivity index (χ2v) is 8.05. The molecule has 184 valence electrons. The first-order valence-electron chi connectivity index (χ1n) is 11.0. The van der Waals surface area contributed by atoms with Crippen LogP contribution in [0, 0.1) is 15.9 Å². The third-order valence-corrected chi connectivity index (χ3v) is 4.95. The van der Waals surface area contributed by atoms with E-state index >= 15 is 0 Å². The van der Waals surface area contributed by atoms with E-state index in [9.17, 15) is 24.1 Å². The highest BCUT2D eigenvalue weighted by atomic mass is 19.1. The molecule has 0 aliphatic carbocycles. The van der Waals surface area contributed by atoms with Crippen LogP contribution in [-0.2, 0) is 20.7 Å². The van der Waals surface area contributed by atoms with Gasteiger partial charge in [0.15, 0.2) is 0 Å². The summed E-state index contributed by atoms with van der Waals surface area (Å²) in [4.78, 5) is 40.0. The highest BCUT2D eigenvalue weighted by Gasteiger charge is 2.26. The summed E-state index contributed by atoms with van der Waals surface area (Å²) in [5.41, 5.74) is 0.612. The standard InChI is InChI=1S/C24H25FN4O6/c1-15(2)34-23(31)14-19(18-6-3-4-7-20(18)29(32)33)26-21(30)8-5-9-22-27-24(28-35-22)16-10-12-17(25)13-11-16/h3-4,6-7,10-13,15,19H,5,8-9,14H2,1-2H3,(H,26,30). The minimum Gasteiger partial charge on any atom is -0.463 e. The maximum Gasteiger partial charge on any atom is 0.308 e. The Morgan fingerprint density at radius 3 is 2.57 bits per heavy atom. The molecular weight excluding hydrogens is 459 g/mol. The summed E-state index contributed by atoms with van der Waals surface area (Å²) >= 11 is 0. The lowest BCUT2D eigenvalue weighted by atomic mass is 10.0. The van der Waals surface area contributed by atoms with Crippen LogP contribution in [-0.4, -0.2) is 33.0 Å². The lowest BCUT2D eigenvalue weighted by molar-refractivity contribution is -0.385. The van der Waals surface area contributed by atoms with Crippen LogP contribution in [0.25, 0.3) is 11.4 Å². The number of carbonyl (C=O) groups excluding carboxylic acids is 2. The van der Waals surface area contributed by atoms with E-state index < -0.39 is 22.8 Å². The SMILES string of the molecule is CC(C)OC(=O)CC(NC(=O)CCCc1nc(-c2ccc(F)cc2)no1)c1ccccc1[N+](=O)[O-]. The third-order valence-electron chi connectivity index (χ3n) is 4.95. The van der Waals surface area contributed by atoms with Crippen LogP contribution >= 0.6 is 0 Å². The van der Waals surface area contributed by atoms with Gasteiger partial charge in [-0.25, -0.2) is 4.39 Å². The molecule has 35 heavy (non-hydrogen) atoms. The number of rotatable bonds is 11. The highest BCUT2D eigenvalue weighted by molar-refractivity contribution is 5.78. The monoisotopic (exact) mass is 484 g/mol. The number of para-hydroxylation sites is 1. The largest absolute Gasteiger partial charge is 0.463 e. The summed E-state index contributed by atoms with van der Waals surface area (Å²) in [6.07, 6.45) is 0.118. The predicted molar refractivity (Wildman–Crippen MR) is 122 cm³/mol. The van der Waals surface area contributed by atoms with Crippen molar-refractivity contribution in [3.05, 3.63) is 75.9 Å². The van der Waals surface area contributed by atoms with Crippen molar-refractivity contribution in [2.24, 2.45) is 0 Å². The van der Waals surface area contributed by atoms with E-state index in [0.29, 0.717) is 30.1 Å². The molecular formula is C24H25FN4O6. The second-order valence-electron chi connectivity index (χ2n) is 8.05. The normalized spacial score (nSPS) is 11.8. The van der Waals surface area contributed by atoms with Gasteiger partial charge in [-0.2, -0.15) is 4.98 Å². The number of nitrogens with one attached hydrogen (secondary N) is 1. The number of esters is 1. The van der Waals surface area contributed by atoms with Gasteiger partial charge in [0.1, 0.15) is 5.82 Å². The van der Waals surface area contributed by atoms with Crippen LogP contribution in [0.3, 0.4) is 0 Å². The molecule has 10 nitrogen and oxygen atoms in total. The molecule has 1 unspecified atom stereocenters. The number of hydrogen-bond acceptors (Lipinski definition) is 8. The van der Waals surface area contributed by atoms with Gasteiger partial charge in [-0.15, -0.1) is 0 Å². The topological polar surface area (TPSA) is 137 Å². The fourth-order valence-electron chi connectivity index (χ4n) is 3.40. The number of nitro groups is 1. The lowest BCUT2D eigenvalue weighted by Gasteiger charge is -2.19. The number of aryl methyl sites for hydroxylation is 1. The van der Waals surface area contributed by atoms with Crippen molar-refractivity contribution in [1.82, 2.24) is 15.5 Å². The average Bonchev–Trinajstić information content (AvgIpc) is 3.27. The van der Waals surface area contributed by atoms with Crippen LogP contribution < -0.4 is 5.32 Å². The predicted octanol–water partition coefficient (Wildman–Crippen LogP) is 4.31. The van der Waals surface area contributed by atoms with Gasteiger partial charge in [0.25, 0.3) is 5.69 Å². The van der Waals surface area contributed by atoms with Crippen molar-refractivity contribution < 1.29 is 28.2 Å². The van der Waals surface area contributed by atoms with E-state index in [1.807, 2.05) is 0 Å². The number of amides is 1. The fourth-order valence-corrected chi connectivity index (χ4v) is 3.40. The van der Waals surface area contributed by atoms with E-state index in [1.54, 1.807) is 19.9 Å². The summed E-state index contributed by atoms with van der Waals surface area (Å²) in [7, 11) is 0. The Morgan fingerprint density at radius 1 is 1.17 bits per heavy atom. The quantitative estimate of drug-likeness (QED) is 0.241. The van der Waals surface area contributed by atoms with E-state index in [0.717, 1.165) is 0 Å². The van der Waals surface area contributed by atoms with Crippen LogP contribution in [0.15, 0.2) is 53.1 Å². The van der Waals surface area contributed by atoms with E-state index in [-0.39, 0.29) is 36.0 Å². The van der Waals surface area contributed by atoms with Crippen molar-refractivity contribution >= 4 is 17.6 Å². The number of carbonyl (C=O) groups is 2. The van der Waals surface area contributed by atoms with E-state index in [4.69, 9.17) is 9.26 Å². The summed E-state index contributed by atoms with van der Waals surface area (Å²) in [5.74, 6) is -0.732. The first-order valence-corrected chi connectivity index (χ1v) is 11.0. The van der Waals surface area contributed by atoms with Crippen molar-refractivity contribution in [3.8, 4) is 11.4 Å². The van der Waals surface area contributed by atoms with Gasteiger partial charge in [-0.3, -0.25) is 19.7 Å². The second kappa shape index (κ2) is 11.8. The molecule has 0 saturated carbocycles. The molecule has 1 atom stereocenters. The summed E-state index contributed by atoms with van der Waals surface area (Å²) in [6, 6.07) is 10.7. The van der Waals surface area contributed by atoms with Crippen LogP contribution in [0.5, 0.6) is 0 Å². The number of benzene rings is 2. The zero-order chi connectivity index (χ0) is 25.4. The molecule has 1 N–H and O–H groups in total. The first-order chi connectivity index (χ1) is 16.7. The molecule has 0 aliphatic heterocycles. The minimum absolute atomic E-state index is 0.0601. The summed E-state index contributed by atoms with van der Waals surface area (Å²) < 4.78 is 23.4. The van der Waals surface area contributed by atoms with E-state index in [2.05, 4.69) is 15.5 Å². The Hall–Kier alpha value is -4.15. The lowest BCUT2D eigenvalue weighted by Crippen LogP contribution is -2.31. The van der Waals surface area contributed by atoms with Gasteiger partial charge in [0.05, 0.1) is 29.1 Å². The van der Waals surface area contributed by atoms with Gasteiger partial charge in [-0.05, 0) is 44.5 Å². The van der Waals surface area contributed by atoms with Gasteiger partial charge >= 0.3 is 5.97 Å². The molecule has 0 radical (unpaired) electrons. The molecule has 0 spiro atoms. The van der Waals surface area contributed by atoms with Crippen molar-refractivity contribution in [3.63, 3.8) is 0 Å². The highest BCUT2D eigenvalue weighted by Crippen LogP contribution is 2.28. The maximum atomic E-state index is 13.1. The number of nitrogens with zero attached hydrogens (tertiary/aromatic N) is 3. The molecule has 1 aromatic heterocycles. The molecule has 2 aromatic carbocycles. The summed E-state index contributed by atoms with van der Waals surface area (Å²) in [6.45, 7) is 3.38. The number of ether oxygens (including phenoxy) is 1. The molecule has 3 rings (SSSR count).